The Morgan fingerprint density at radius 3 is 2.42 bits per heavy atom. The first-order valence-corrected chi connectivity index (χ1v) is 9.80. The van der Waals surface area contributed by atoms with Gasteiger partial charge in [-0.15, -0.1) is 0 Å². The van der Waals surface area contributed by atoms with Crippen LogP contribution in [0.3, 0.4) is 0 Å². The minimum Gasteiger partial charge on any atom is -0.497 e. The van der Waals surface area contributed by atoms with Crippen molar-refractivity contribution in [1.29, 1.82) is 0 Å². The third-order valence-corrected chi connectivity index (χ3v) is 6.17. The van der Waals surface area contributed by atoms with Crippen LogP contribution in [-0.2, 0) is 24.3 Å². The molecule has 1 heterocycles. The predicted octanol–water partition coefficient (Wildman–Crippen LogP) is 0.870. The van der Waals surface area contributed by atoms with E-state index in [9.17, 15) is 18.0 Å². The Balaban J connectivity index is 2.34. The third kappa shape index (κ3) is 4.16. The lowest BCUT2D eigenvalue weighted by molar-refractivity contribution is -0.151. The van der Waals surface area contributed by atoms with E-state index in [-0.39, 0.29) is 17.3 Å². The summed E-state index contributed by atoms with van der Waals surface area (Å²) in [6.07, 6.45) is 1.67. The molecule has 1 atom stereocenters. The highest BCUT2D eigenvalue weighted by atomic mass is 32.2. The zero-order chi connectivity index (χ0) is 19.3. The van der Waals surface area contributed by atoms with Crippen molar-refractivity contribution in [2.75, 3.05) is 33.9 Å². The van der Waals surface area contributed by atoms with Crippen LogP contribution in [0.4, 0.5) is 0 Å². The van der Waals surface area contributed by atoms with Gasteiger partial charge >= 0.3 is 5.97 Å². The maximum Gasteiger partial charge on any atom is 0.326 e. The van der Waals surface area contributed by atoms with E-state index in [1.165, 1.54) is 43.4 Å². The van der Waals surface area contributed by atoms with Crippen LogP contribution in [0.2, 0.25) is 0 Å². The summed E-state index contributed by atoms with van der Waals surface area (Å²) in [4.78, 5) is 26.1. The van der Waals surface area contributed by atoms with Crippen molar-refractivity contribution < 1.29 is 27.5 Å². The normalized spacial score (nSPS) is 18.7. The molecule has 0 radical (unpaired) electrons. The number of piperazine rings is 1. The first-order chi connectivity index (χ1) is 12.3. The second-order valence-electron chi connectivity index (χ2n) is 5.96. The Morgan fingerprint density at radius 2 is 1.88 bits per heavy atom. The molecule has 8 nitrogen and oxygen atoms in total. The van der Waals surface area contributed by atoms with Crippen LogP contribution in [0, 0.1) is 0 Å². The molecular weight excluding hydrogens is 360 g/mol. The monoisotopic (exact) mass is 384 g/mol. The number of rotatable bonds is 7. The minimum atomic E-state index is -4.04. The molecule has 1 aliphatic heterocycles. The summed E-state index contributed by atoms with van der Waals surface area (Å²) < 4.78 is 36.7. The number of ether oxygens (including phenoxy) is 2. The third-order valence-electron chi connectivity index (χ3n) is 4.31. The highest BCUT2D eigenvalue weighted by Crippen LogP contribution is 2.24. The van der Waals surface area contributed by atoms with Crippen molar-refractivity contribution in [2.24, 2.45) is 0 Å². The van der Waals surface area contributed by atoms with E-state index in [0.717, 1.165) is 17.1 Å². The van der Waals surface area contributed by atoms with Crippen LogP contribution in [0.25, 0.3) is 0 Å². The van der Waals surface area contributed by atoms with Gasteiger partial charge < -0.3 is 14.4 Å². The van der Waals surface area contributed by atoms with E-state index in [1.54, 1.807) is 0 Å². The molecule has 1 aromatic carbocycles. The fourth-order valence-electron chi connectivity index (χ4n) is 2.77. The quantitative estimate of drug-likeness (QED) is 0.648. The van der Waals surface area contributed by atoms with Gasteiger partial charge in [-0.2, -0.15) is 4.31 Å². The molecule has 1 fully saturated rings. The number of amides is 1. The SMILES string of the molecule is CCCCN1CC(C(=O)OC)N(S(=O)(=O)c2ccc(OC)cc2)CC1=O. The minimum absolute atomic E-state index is 0.0120. The van der Waals surface area contributed by atoms with Crippen LogP contribution >= 0.6 is 0 Å². The zero-order valence-electron chi connectivity index (χ0n) is 15.2. The standard InChI is InChI=1S/C17H24N2O6S/c1-4-5-10-18-11-15(17(21)25-3)19(12-16(18)20)26(22,23)14-8-6-13(24-2)7-9-14/h6-9,15H,4-5,10-12H2,1-3H3. The average molecular weight is 384 g/mol. The Hall–Kier alpha value is -2.13. The van der Waals surface area contributed by atoms with Gasteiger partial charge in [0, 0.05) is 13.1 Å². The van der Waals surface area contributed by atoms with E-state index in [2.05, 4.69) is 0 Å². The van der Waals surface area contributed by atoms with Gasteiger partial charge in [-0.25, -0.2) is 8.42 Å². The number of esters is 1. The van der Waals surface area contributed by atoms with Crippen molar-refractivity contribution in [3.63, 3.8) is 0 Å². The van der Waals surface area contributed by atoms with Crippen molar-refractivity contribution in [1.82, 2.24) is 9.21 Å². The zero-order valence-corrected chi connectivity index (χ0v) is 16.0. The first-order valence-electron chi connectivity index (χ1n) is 8.36. The Labute approximate surface area is 153 Å². The van der Waals surface area contributed by atoms with E-state index in [1.807, 2.05) is 6.92 Å². The average Bonchev–Trinajstić information content (AvgIpc) is 2.66. The summed E-state index contributed by atoms with van der Waals surface area (Å²) in [5, 5.41) is 0. The molecule has 0 saturated carbocycles. The maximum atomic E-state index is 13.0. The summed E-state index contributed by atoms with van der Waals surface area (Å²) in [5.41, 5.74) is 0. The summed E-state index contributed by atoms with van der Waals surface area (Å²) >= 11 is 0. The van der Waals surface area contributed by atoms with Crippen LogP contribution in [0.5, 0.6) is 5.75 Å². The van der Waals surface area contributed by atoms with Gasteiger partial charge in [-0.05, 0) is 30.7 Å². The van der Waals surface area contributed by atoms with Gasteiger partial charge in [0.1, 0.15) is 11.8 Å². The molecule has 0 bridgehead atoms. The van der Waals surface area contributed by atoms with E-state index in [0.29, 0.717) is 12.3 Å². The number of sulfonamides is 1. The summed E-state index contributed by atoms with van der Waals surface area (Å²) in [6, 6.07) is 4.73. The molecule has 0 spiro atoms. The van der Waals surface area contributed by atoms with E-state index >= 15 is 0 Å². The van der Waals surface area contributed by atoms with E-state index < -0.39 is 28.6 Å². The van der Waals surface area contributed by atoms with Crippen molar-refractivity contribution >= 4 is 21.9 Å². The molecule has 0 aliphatic carbocycles. The second kappa shape index (κ2) is 8.50. The number of unbranched alkanes of at least 4 members (excludes halogenated alkanes) is 1. The molecule has 1 aliphatic rings. The molecule has 144 valence electrons. The van der Waals surface area contributed by atoms with Gasteiger partial charge in [-0.3, -0.25) is 9.59 Å². The van der Waals surface area contributed by atoms with Crippen LogP contribution < -0.4 is 4.74 Å². The topological polar surface area (TPSA) is 93.2 Å². The molecule has 2 rings (SSSR count). The Morgan fingerprint density at radius 1 is 1.23 bits per heavy atom. The van der Waals surface area contributed by atoms with Crippen LogP contribution in [0.1, 0.15) is 19.8 Å². The lowest BCUT2D eigenvalue weighted by atomic mass is 10.2. The number of hydrogen-bond donors (Lipinski definition) is 0. The predicted molar refractivity (Wildman–Crippen MR) is 94.2 cm³/mol. The van der Waals surface area contributed by atoms with Crippen LogP contribution in [-0.4, -0.2) is 69.4 Å². The number of carbonyl (C=O) groups is 2. The van der Waals surface area contributed by atoms with Gasteiger partial charge in [0.05, 0.1) is 25.7 Å². The van der Waals surface area contributed by atoms with Crippen molar-refractivity contribution in [3.8, 4) is 5.75 Å². The van der Waals surface area contributed by atoms with Gasteiger partial charge in [-0.1, -0.05) is 13.3 Å². The highest BCUT2D eigenvalue weighted by molar-refractivity contribution is 7.89. The molecule has 1 unspecified atom stereocenters. The smallest absolute Gasteiger partial charge is 0.326 e. The number of methoxy groups -OCH3 is 2. The molecule has 26 heavy (non-hydrogen) atoms. The van der Waals surface area contributed by atoms with Crippen molar-refractivity contribution in [2.45, 2.75) is 30.7 Å². The fraction of sp³-hybridized carbons (Fsp3) is 0.529. The molecule has 0 aromatic heterocycles. The lowest BCUT2D eigenvalue weighted by Gasteiger charge is -2.38. The molecule has 9 heteroatoms. The van der Waals surface area contributed by atoms with Gasteiger partial charge in [0.25, 0.3) is 0 Å². The van der Waals surface area contributed by atoms with Gasteiger partial charge in [0.2, 0.25) is 15.9 Å². The molecule has 1 saturated heterocycles. The number of hydrogen-bond acceptors (Lipinski definition) is 6. The van der Waals surface area contributed by atoms with Crippen LogP contribution in [0.15, 0.2) is 29.2 Å². The largest absolute Gasteiger partial charge is 0.497 e. The van der Waals surface area contributed by atoms with Gasteiger partial charge in [0.15, 0.2) is 0 Å². The second-order valence-corrected chi connectivity index (χ2v) is 7.85. The summed E-state index contributed by atoms with van der Waals surface area (Å²) in [6.45, 7) is 2.07. The fourth-order valence-corrected chi connectivity index (χ4v) is 4.29. The first kappa shape index (κ1) is 20.2. The highest BCUT2D eigenvalue weighted by Gasteiger charge is 2.43. The number of benzene rings is 1. The number of carbonyl (C=O) groups excluding carboxylic acids is 2. The molecule has 1 aromatic rings. The van der Waals surface area contributed by atoms with E-state index in [4.69, 9.17) is 9.47 Å². The van der Waals surface area contributed by atoms with Crippen molar-refractivity contribution in [3.05, 3.63) is 24.3 Å². The molecule has 0 N–H and O–H groups in total. The molecule has 1 amide bonds. The Kier molecular flexibility index (Phi) is 6.60. The Bertz CT molecular complexity index is 747. The maximum absolute atomic E-state index is 13.0. The summed E-state index contributed by atoms with van der Waals surface area (Å²) in [5.74, 6) is -0.499. The lowest BCUT2D eigenvalue weighted by Crippen LogP contribution is -2.60. The summed E-state index contributed by atoms with van der Waals surface area (Å²) in [7, 11) is -1.36. The molecular formula is C17H24N2O6S. The number of nitrogens with zero attached hydrogens (tertiary/aromatic N) is 2.